The minimum absolute atomic E-state index is 0.0530. The summed E-state index contributed by atoms with van der Waals surface area (Å²) >= 11 is 6.17. The lowest BCUT2D eigenvalue weighted by atomic mass is 9.83. The molecule has 1 heterocycles. The van der Waals surface area contributed by atoms with Gasteiger partial charge in [0.1, 0.15) is 0 Å². The summed E-state index contributed by atoms with van der Waals surface area (Å²) in [7, 11) is 2.88. The maximum Gasteiger partial charge on any atom is 0.338 e. The molecule has 1 saturated carbocycles. The van der Waals surface area contributed by atoms with Crippen LogP contribution in [0.1, 0.15) is 77.2 Å². The molecule has 5 nitrogen and oxygen atoms in total. The van der Waals surface area contributed by atoms with Crippen LogP contribution in [-0.4, -0.2) is 31.1 Å². The number of methoxy groups -OCH3 is 2. The highest BCUT2D eigenvalue weighted by Gasteiger charge is 2.44. The SMILES string of the molecule is COC(=O)CC1(CC[C@@H](CCc2ccccc2C(=O)OC)c2cccc(/C=C/c3ccc4ccc(Cl)cc4n3)c2)CC1. The molecule has 0 saturated heterocycles. The summed E-state index contributed by atoms with van der Waals surface area (Å²) in [6.45, 7) is 0. The number of hydrogen-bond acceptors (Lipinski definition) is 5. The lowest BCUT2D eigenvalue weighted by Crippen LogP contribution is -2.13. The molecule has 4 aromatic rings. The van der Waals surface area contributed by atoms with Crippen LogP contribution in [0.25, 0.3) is 23.1 Å². The van der Waals surface area contributed by atoms with Crippen molar-refractivity contribution in [3.8, 4) is 0 Å². The van der Waals surface area contributed by atoms with E-state index in [-0.39, 0.29) is 23.3 Å². The van der Waals surface area contributed by atoms with Crippen LogP contribution < -0.4 is 0 Å². The molecular formula is C36H36ClNO4. The van der Waals surface area contributed by atoms with Crippen molar-refractivity contribution >= 4 is 46.6 Å². The molecule has 0 amide bonds. The molecule has 6 heteroatoms. The highest BCUT2D eigenvalue weighted by molar-refractivity contribution is 6.31. The Morgan fingerprint density at radius 3 is 2.52 bits per heavy atom. The Morgan fingerprint density at radius 1 is 0.929 bits per heavy atom. The maximum absolute atomic E-state index is 12.4. The summed E-state index contributed by atoms with van der Waals surface area (Å²) in [6.07, 6.45) is 10.3. The van der Waals surface area contributed by atoms with Crippen LogP contribution in [0.4, 0.5) is 0 Å². The molecule has 0 N–H and O–H groups in total. The third kappa shape index (κ3) is 7.46. The Labute approximate surface area is 252 Å². The molecule has 0 radical (unpaired) electrons. The maximum atomic E-state index is 12.4. The van der Waals surface area contributed by atoms with E-state index >= 15 is 0 Å². The first-order chi connectivity index (χ1) is 20.4. The minimum Gasteiger partial charge on any atom is -0.469 e. The molecule has 1 fully saturated rings. The van der Waals surface area contributed by atoms with E-state index in [0.717, 1.165) is 66.2 Å². The number of rotatable bonds is 12. The van der Waals surface area contributed by atoms with Gasteiger partial charge in [-0.25, -0.2) is 9.78 Å². The minimum atomic E-state index is -0.311. The van der Waals surface area contributed by atoms with Gasteiger partial charge < -0.3 is 9.47 Å². The first-order valence-corrected chi connectivity index (χ1v) is 14.8. The van der Waals surface area contributed by atoms with Gasteiger partial charge in [-0.2, -0.15) is 0 Å². The fourth-order valence-corrected chi connectivity index (χ4v) is 5.87. The predicted octanol–water partition coefficient (Wildman–Crippen LogP) is 8.69. The second kappa shape index (κ2) is 13.3. The second-order valence-electron chi connectivity index (χ2n) is 11.3. The van der Waals surface area contributed by atoms with Crippen molar-refractivity contribution in [2.24, 2.45) is 5.41 Å². The largest absolute Gasteiger partial charge is 0.469 e. The van der Waals surface area contributed by atoms with E-state index in [1.807, 2.05) is 54.6 Å². The van der Waals surface area contributed by atoms with Crippen LogP contribution >= 0.6 is 11.6 Å². The van der Waals surface area contributed by atoms with Crippen molar-refractivity contribution in [1.29, 1.82) is 0 Å². The number of benzene rings is 3. The first-order valence-electron chi connectivity index (χ1n) is 14.5. The van der Waals surface area contributed by atoms with Crippen LogP contribution in [0.5, 0.6) is 0 Å². The third-order valence-corrected chi connectivity index (χ3v) is 8.65. The summed E-state index contributed by atoms with van der Waals surface area (Å²) < 4.78 is 10.00. The van der Waals surface area contributed by atoms with Crippen LogP contribution in [-0.2, 0) is 20.7 Å². The average molecular weight is 582 g/mol. The monoisotopic (exact) mass is 581 g/mol. The lowest BCUT2D eigenvalue weighted by Gasteiger charge is -2.22. The van der Waals surface area contributed by atoms with Gasteiger partial charge in [0, 0.05) is 10.4 Å². The molecule has 0 spiro atoms. The molecule has 3 aromatic carbocycles. The Hall–Kier alpha value is -3.96. The summed E-state index contributed by atoms with van der Waals surface area (Å²) in [5.74, 6) is -0.179. The van der Waals surface area contributed by atoms with Crippen LogP contribution in [0.2, 0.25) is 5.02 Å². The van der Waals surface area contributed by atoms with Crippen LogP contribution in [0.3, 0.4) is 0 Å². The van der Waals surface area contributed by atoms with Gasteiger partial charge in [0.05, 0.1) is 37.4 Å². The van der Waals surface area contributed by atoms with Crippen molar-refractivity contribution in [1.82, 2.24) is 4.98 Å². The number of ether oxygens (including phenoxy) is 2. The Bertz CT molecular complexity index is 1610. The number of nitrogens with zero attached hydrogens (tertiary/aromatic N) is 1. The topological polar surface area (TPSA) is 65.5 Å². The van der Waals surface area contributed by atoms with E-state index in [1.54, 1.807) is 0 Å². The van der Waals surface area contributed by atoms with E-state index in [1.165, 1.54) is 19.8 Å². The number of hydrogen-bond donors (Lipinski definition) is 0. The van der Waals surface area contributed by atoms with Crippen molar-refractivity contribution in [3.63, 3.8) is 0 Å². The van der Waals surface area contributed by atoms with Gasteiger partial charge in [-0.05, 0) is 96.9 Å². The quantitative estimate of drug-likeness (QED) is 0.157. The summed E-state index contributed by atoms with van der Waals surface area (Å²) in [6, 6.07) is 26.1. The highest BCUT2D eigenvalue weighted by Crippen LogP contribution is 2.54. The molecule has 1 aliphatic rings. The molecular weight excluding hydrogens is 546 g/mol. The van der Waals surface area contributed by atoms with Crippen LogP contribution in [0.15, 0.2) is 78.9 Å². The predicted molar refractivity (Wildman–Crippen MR) is 169 cm³/mol. The smallest absolute Gasteiger partial charge is 0.338 e. The summed E-state index contributed by atoms with van der Waals surface area (Å²) in [5.41, 5.74) is 5.73. The standard InChI is InChI=1S/C36H36ClNO4/c1-41-34(39)24-36(20-21-36)19-18-26(11-12-27-7-3-4-9-32(27)35(40)42-2)29-8-5-6-25(22-29)10-16-31-17-14-28-13-15-30(37)23-33(28)38-31/h3-10,13-17,22-23,26H,11-12,18-21,24H2,1-2H3/b16-10+/t26-/m1/s1. The van der Waals surface area contributed by atoms with Gasteiger partial charge in [-0.15, -0.1) is 0 Å². The zero-order valence-electron chi connectivity index (χ0n) is 24.1. The first kappa shape index (κ1) is 29.5. The van der Waals surface area contributed by atoms with Gasteiger partial charge >= 0.3 is 11.9 Å². The molecule has 216 valence electrons. The second-order valence-corrected chi connectivity index (χ2v) is 11.7. The molecule has 0 unspecified atom stereocenters. The molecule has 0 bridgehead atoms. The van der Waals surface area contributed by atoms with E-state index in [2.05, 4.69) is 36.4 Å². The van der Waals surface area contributed by atoms with E-state index in [4.69, 9.17) is 26.1 Å². The number of aromatic nitrogens is 1. The van der Waals surface area contributed by atoms with E-state index < -0.39 is 0 Å². The Morgan fingerprint density at radius 2 is 1.74 bits per heavy atom. The van der Waals surface area contributed by atoms with Crippen molar-refractivity contribution in [2.75, 3.05) is 14.2 Å². The Kier molecular flexibility index (Phi) is 9.38. The van der Waals surface area contributed by atoms with Crippen molar-refractivity contribution in [3.05, 3.63) is 112 Å². The normalized spacial score (nSPS) is 14.5. The molecule has 1 aliphatic carbocycles. The van der Waals surface area contributed by atoms with Gasteiger partial charge in [-0.1, -0.05) is 72.3 Å². The lowest BCUT2D eigenvalue weighted by molar-refractivity contribution is -0.142. The van der Waals surface area contributed by atoms with Gasteiger partial charge in [0.2, 0.25) is 0 Å². The number of esters is 2. The van der Waals surface area contributed by atoms with Gasteiger partial charge in [0.25, 0.3) is 0 Å². The van der Waals surface area contributed by atoms with Crippen LogP contribution in [0, 0.1) is 5.41 Å². The Balaban J connectivity index is 1.36. The highest BCUT2D eigenvalue weighted by atomic mass is 35.5. The molecule has 0 aliphatic heterocycles. The number of carbonyl (C=O) groups is 2. The third-order valence-electron chi connectivity index (χ3n) is 8.42. The molecule has 1 aromatic heterocycles. The number of halogens is 1. The average Bonchev–Trinajstić information content (AvgIpc) is 3.78. The van der Waals surface area contributed by atoms with E-state index in [9.17, 15) is 9.59 Å². The molecule has 42 heavy (non-hydrogen) atoms. The fourth-order valence-electron chi connectivity index (χ4n) is 5.70. The number of pyridine rings is 1. The van der Waals surface area contributed by atoms with E-state index in [0.29, 0.717) is 17.0 Å². The van der Waals surface area contributed by atoms with Gasteiger partial charge in [-0.3, -0.25) is 4.79 Å². The van der Waals surface area contributed by atoms with Crippen molar-refractivity contribution in [2.45, 2.75) is 50.9 Å². The number of aryl methyl sites for hydroxylation is 1. The summed E-state index contributed by atoms with van der Waals surface area (Å²) in [5, 5.41) is 1.72. The van der Waals surface area contributed by atoms with Crippen molar-refractivity contribution < 1.29 is 19.1 Å². The fraction of sp³-hybridized carbons (Fsp3) is 0.306. The number of fused-ring (bicyclic) bond motifs is 1. The number of carbonyl (C=O) groups excluding carboxylic acids is 2. The summed E-state index contributed by atoms with van der Waals surface area (Å²) in [4.78, 5) is 29.2. The molecule has 1 atom stereocenters. The molecule has 5 rings (SSSR count). The van der Waals surface area contributed by atoms with Gasteiger partial charge in [0.15, 0.2) is 0 Å². The zero-order chi connectivity index (χ0) is 29.5. The zero-order valence-corrected chi connectivity index (χ0v) is 24.9.